The molecule has 0 bridgehead atoms. The van der Waals surface area contributed by atoms with E-state index in [2.05, 4.69) is 47.4 Å². The standard InChI is InChI=1S/C17H12N2/c1-2-4-15-12(3-1)7-8-16(19-15)14-6-5-13-9-10-18-17(13)11-14/h1-11,18H. The van der Waals surface area contributed by atoms with Crippen molar-refractivity contribution in [2.45, 2.75) is 0 Å². The van der Waals surface area contributed by atoms with Crippen LogP contribution < -0.4 is 0 Å². The molecule has 0 spiro atoms. The molecular formula is C17H12N2. The number of hydrogen-bond acceptors (Lipinski definition) is 1. The monoisotopic (exact) mass is 244 g/mol. The zero-order valence-corrected chi connectivity index (χ0v) is 10.3. The Hall–Kier alpha value is -2.61. The van der Waals surface area contributed by atoms with Crippen molar-refractivity contribution >= 4 is 21.8 Å². The average molecular weight is 244 g/mol. The van der Waals surface area contributed by atoms with E-state index in [1.54, 1.807) is 0 Å². The molecule has 0 fully saturated rings. The normalized spacial score (nSPS) is 11.2. The van der Waals surface area contributed by atoms with Gasteiger partial charge in [0.2, 0.25) is 0 Å². The number of nitrogens with one attached hydrogen (secondary N) is 1. The van der Waals surface area contributed by atoms with Crippen LogP contribution in [0.25, 0.3) is 33.1 Å². The van der Waals surface area contributed by atoms with Crippen molar-refractivity contribution < 1.29 is 0 Å². The molecular weight excluding hydrogens is 232 g/mol. The Morgan fingerprint density at radius 3 is 2.68 bits per heavy atom. The molecule has 2 aromatic carbocycles. The molecule has 2 heterocycles. The van der Waals surface area contributed by atoms with Crippen LogP contribution in [0.3, 0.4) is 0 Å². The Kier molecular flexibility index (Phi) is 2.15. The number of pyridine rings is 1. The SMILES string of the molecule is c1ccc2nc(-c3ccc4cc[nH]c4c3)ccc2c1. The van der Waals surface area contributed by atoms with E-state index in [1.165, 1.54) is 10.8 Å². The summed E-state index contributed by atoms with van der Waals surface area (Å²) in [5.41, 5.74) is 4.33. The van der Waals surface area contributed by atoms with E-state index in [4.69, 9.17) is 4.98 Å². The van der Waals surface area contributed by atoms with Gasteiger partial charge in [-0.2, -0.15) is 0 Å². The smallest absolute Gasteiger partial charge is 0.0710 e. The van der Waals surface area contributed by atoms with Crippen LogP contribution in [0.4, 0.5) is 0 Å². The second-order valence-corrected chi connectivity index (χ2v) is 4.67. The summed E-state index contributed by atoms with van der Waals surface area (Å²) in [6, 6.07) is 20.8. The van der Waals surface area contributed by atoms with Crippen LogP contribution in [-0.2, 0) is 0 Å². The van der Waals surface area contributed by atoms with Gasteiger partial charge in [0.15, 0.2) is 0 Å². The first-order chi connectivity index (χ1) is 9.40. The zero-order chi connectivity index (χ0) is 12.7. The van der Waals surface area contributed by atoms with Crippen LogP contribution in [-0.4, -0.2) is 9.97 Å². The third-order valence-corrected chi connectivity index (χ3v) is 3.45. The predicted molar refractivity (Wildman–Crippen MR) is 79.0 cm³/mol. The van der Waals surface area contributed by atoms with E-state index >= 15 is 0 Å². The van der Waals surface area contributed by atoms with Gasteiger partial charge in [-0.05, 0) is 29.7 Å². The first-order valence-corrected chi connectivity index (χ1v) is 6.33. The van der Waals surface area contributed by atoms with Gasteiger partial charge in [-0.25, -0.2) is 4.98 Å². The lowest BCUT2D eigenvalue weighted by Crippen LogP contribution is -1.85. The van der Waals surface area contributed by atoms with Gasteiger partial charge in [-0.1, -0.05) is 36.4 Å². The molecule has 2 heteroatoms. The summed E-state index contributed by atoms with van der Waals surface area (Å²) in [5.74, 6) is 0. The maximum absolute atomic E-state index is 4.72. The summed E-state index contributed by atoms with van der Waals surface area (Å²) < 4.78 is 0. The summed E-state index contributed by atoms with van der Waals surface area (Å²) in [7, 11) is 0. The lowest BCUT2D eigenvalue weighted by atomic mass is 10.1. The van der Waals surface area contributed by atoms with Crippen LogP contribution >= 0.6 is 0 Å². The average Bonchev–Trinajstić information content (AvgIpc) is 2.94. The van der Waals surface area contributed by atoms with E-state index < -0.39 is 0 Å². The Balaban J connectivity index is 1.92. The number of nitrogens with zero attached hydrogens (tertiary/aromatic N) is 1. The third-order valence-electron chi connectivity index (χ3n) is 3.45. The number of benzene rings is 2. The number of hydrogen-bond donors (Lipinski definition) is 1. The second kappa shape index (κ2) is 3.95. The maximum atomic E-state index is 4.72. The molecule has 0 saturated heterocycles. The van der Waals surface area contributed by atoms with E-state index in [-0.39, 0.29) is 0 Å². The van der Waals surface area contributed by atoms with E-state index in [0.717, 1.165) is 22.3 Å². The van der Waals surface area contributed by atoms with Gasteiger partial charge in [0.05, 0.1) is 11.2 Å². The topological polar surface area (TPSA) is 28.7 Å². The van der Waals surface area contributed by atoms with Gasteiger partial charge in [0.25, 0.3) is 0 Å². The Bertz CT molecular complexity index is 874. The molecule has 0 radical (unpaired) electrons. The van der Waals surface area contributed by atoms with Crippen molar-refractivity contribution in [3.8, 4) is 11.3 Å². The highest BCUT2D eigenvalue weighted by Gasteiger charge is 2.03. The number of aromatic nitrogens is 2. The highest BCUT2D eigenvalue weighted by Crippen LogP contribution is 2.24. The minimum absolute atomic E-state index is 1.01. The molecule has 0 aliphatic carbocycles. The third kappa shape index (κ3) is 1.69. The van der Waals surface area contributed by atoms with Crippen molar-refractivity contribution in [2.75, 3.05) is 0 Å². The fourth-order valence-electron chi connectivity index (χ4n) is 2.43. The molecule has 1 N–H and O–H groups in total. The van der Waals surface area contributed by atoms with Crippen molar-refractivity contribution in [1.29, 1.82) is 0 Å². The molecule has 19 heavy (non-hydrogen) atoms. The summed E-state index contributed by atoms with van der Waals surface area (Å²) >= 11 is 0. The first-order valence-electron chi connectivity index (χ1n) is 6.33. The number of H-pyrrole nitrogens is 1. The molecule has 90 valence electrons. The molecule has 4 aromatic rings. The lowest BCUT2D eigenvalue weighted by Gasteiger charge is -2.03. The van der Waals surface area contributed by atoms with Gasteiger partial charge in [-0.15, -0.1) is 0 Å². The summed E-state index contributed by atoms with van der Waals surface area (Å²) in [5, 5.41) is 2.40. The number of para-hydroxylation sites is 1. The van der Waals surface area contributed by atoms with E-state index in [1.807, 2.05) is 24.4 Å². The van der Waals surface area contributed by atoms with E-state index in [0.29, 0.717) is 0 Å². The molecule has 2 aromatic heterocycles. The highest BCUT2D eigenvalue weighted by atomic mass is 14.7. The van der Waals surface area contributed by atoms with Gasteiger partial charge in [0, 0.05) is 22.7 Å². The van der Waals surface area contributed by atoms with Gasteiger partial charge in [-0.3, -0.25) is 0 Å². The molecule has 0 atom stereocenters. The molecule has 0 aliphatic rings. The zero-order valence-electron chi connectivity index (χ0n) is 10.3. The molecule has 2 nitrogen and oxygen atoms in total. The fourth-order valence-corrected chi connectivity index (χ4v) is 2.43. The molecule has 0 saturated carbocycles. The molecule has 0 amide bonds. The van der Waals surface area contributed by atoms with Crippen LogP contribution in [0.15, 0.2) is 66.9 Å². The molecule has 0 aliphatic heterocycles. The van der Waals surface area contributed by atoms with Crippen LogP contribution in [0.5, 0.6) is 0 Å². The minimum atomic E-state index is 1.01. The molecule has 4 rings (SSSR count). The molecule has 0 unspecified atom stereocenters. The summed E-state index contributed by atoms with van der Waals surface area (Å²) in [6.07, 6.45) is 1.96. The maximum Gasteiger partial charge on any atom is 0.0710 e. The van der Waals surface area contributed by atoms with Crippen molar-refractivity contribution in [3.63, 3.8) is 0 Å². The lowest BCUT2D eigenvalue weighted by molar-refractivity contribution is 1.40. The number of fused-ring (bicyclic) bond motifs is 2. The largest absolute Gasteiger partial charge is 0.361 e. The van der Waals surface area contributed by atoms with Gasteiger partial charge < -0.3 is 4.98 Å². The Labute approximate surface area is 110 Å². The fraction of sp³-hybridized carbons (Fsp3) is 0. The van der Waals surface area contributed by atoms with Gasteiger partial charge >= 0.3 is 0 Å². The second-order valence-electron chi connectivity index (χ2n) is 4.67. The summed E-state index contributed by atoms with van der Waals surface area (Å²) in [6.45, 7) is 0. The first kappa shape index (κ1) is 10.3. The van der Waals surface area contributed by atoms with E-state index in [9.17, 15) is 0 Å². The van der Waals surface area contributed by atoms with Crippen molar-refractivity contribution in [2.24, 2.45) is 0 Å². The van der Waals surface area contributed by atoms with Crippen LogP contribution in [0.2, 0.25) is 0 Å². The Morgan fingerprint density at radius 1 is 0.789 bits per heavy atom. The number of rotatable bonds is 1. The van der Waals surface area contributed by atoms with Crippen molar-refractivity contribution in [1.82, 2.24) is 9.97 Å². The van der Waals surface area contributed by atoms with Crippen LogP contribution in [0, 0.1) is 0 Å². The van der Waals surface area contributed by atoms with Gasteiger partial charge in [0.1, 0.15) is 0 Å². The number of aromatic amines is 1. The van der Waals surface area contributed by atoms with Crippen molar-refractivity contribution in [3.05, 3.63) is 66.9 Å². The highest BCUT2D eigenvalue weighted by molar-refractivity contribution is 5.86. The minimum Gasteiger partial charge on any atom is -0.361 e. The summed E-state index contributed by atoms with van der Waals surface area (Å²) in [4.78, 5) is 7.96. The Morgan fingerprint density at radius 2 is 1.68 bits per heavy atom. The predicted octanol–water partition coefficient (Wildman–Crippen LogP) is 4.38. The van der Waals surface area contributed by atoms with Crippen LogP contribution in [0.1, 0.15) is 0 Å². The quantitative estimate of drug-likeness (QED) is 0.528.